The van der Waals surface area contributed by atoms with Crippen LogP contribution in [0.2, 0.25) is 5.02 Å². The van der Waals surface area contributed by atoms with E-state index in [-0.39, 0.29) is 10.8 Å². The highest BCUT2D eigenvalue weighted by molar-refractivity contribution is 7.93. The van der Waals surface area contributed by atoms with Gasteiger partial charge in [0.15, 0.2) is 11.1 Å². The minimum Gasteiger partial charge on any atom is -0.265 e. The van der Waals surface area contributed by atoms with Crippen LogP contribution in [-0.2, 0) is 10.0 Å². The number of nitrogens with one attached hydrogen (secondary N) is 1. The summed E-state index contributed by atoms with van der Waals surface area (Å²) in [5.41, 5.74) is 0. The summed E-state index contributed by atoms with van der Waals surface area (Å²) in [6, 6.07) is 4.70. The van der Waals surface area contributed by atoms with E-state index in [1.54, 1.807) is 12.1 Å². The molecule has 80 valence electrons. The van der Waals surface area contributed by atoms with Crippen LogP contribution in [0.25, 0.3) is 0 Å². The summed E-state index contributed by atoms with van der Waals surface area (Å²) in [6.45, 7) is 1.28. The first-order valence-electron chi connectivity index (χ1n) is 3.99. The molecule has 1 aromatic rings. The summed E-state index contributed by atoms with van der Waals surface area (Å²) < 4.78 is 25.0. The normalized spacial score (nSPS) is 12.9. The smallest absolute Gasteiger partial charge is 0.250 e. The number of hydrogen-bond acceptors (Lipinski definition) is 4. The molecule has 0 spiro atoms. The molecule has 15 heavy (non-hydrogen) atoms. The van der Waals surface area contributed by atoms with Crippen LogP contribution < -0.4 is 4.72 Å². The third-order valence-corrected chi connectivity index (χ3v) is 3.46. The summed E-state index contributed by atoms with van der Waals surface area (Å²) in [6.07, 6.45) is 1.40. The molecule has 0 bridgehead atoms. The lowest BCUT2D eigenvalue weighted by Crippen LogP contribution is -2.24. The van der Waals surface area contributed by atoms with Gasteiger partial charge < -0.3 is 0 Å². The van der Waals surface area contributed by atoms with Gasteiger partial charge in [-0.2, -0.15) is 5.26 Å². The molecule has 1 heterocycles. The zero-order chi connectivity index (χ0) is 11.5. The minimum atomic E-state index is -3.74. The predicted octanol–water partition coefficient (Wildman–Crippen LogP) is 1.39. The molecule has 0 amide bonds. The molecule has 0 saturated heterocycles. The average molecular weight is 246 g/mol. The molecule has 1 atom stereocenters. The number of nitriles is 1. The molecular formula is C8H8ClN3O2S. The summed E-state index contributed by atoms with van der Waals surface area (Å²) in [5, 5.41) is 7.52. The molecule has 1 rings (SSSR count). The number of pyridine rings is 1. The Morgan fingerprint density at radius 2 is 2.33 bits per heavy atom. The SMILES string of the molecule is CC(C#N)S(=O)(=O)Nc1ncccc1Cl. The van der Waals surface area contributed by atoms with Crippen LogP contribution in [0.15, 0.2) is 18.3 Å². The maximum absolute atomic E-state index is 11.5. The van der Waals surface area contributed by atoms with E-state index in [0.717, 1.165) is 0 Å². The number of anilines is 1. The fraction of sp³-hybridized carbons (Fsp3) is 0.250. The molecule has 1 unspecified atom stereocenters. The number of nitrogens with zero attached hydrogens (tertiary/aromatic N) is 2. The van der Waals surface area contributed by atoms with Crippen LogP contribution in [0.4, 0.5) is 5.82 Å². The third kappa shape index (κ3) is 2.81. The Hall–Kier alpha value is -1.32. The molecule has 5 nitrogen and oxygen atoms in total. The van der Waals surface area contributed by atoms with Gasteiger partial charge in [0.05, 0.1) is 11.1 Å². The van der Waals surface area contributed by atoms with Crippen molar-refractivity contribution in [2.24, 2.45) is 0 Å². The second kappa shape index (κ2) is 4.47. The van der Waals surface area contributed by atoms with Crippen LogP contribution in [0.1, 0.15) is 6.92 Å². The Morgan fingerprint density at radius 1 is 1.67 bits per heavy atom. The highest BCUT2D eigenvalue weighted by Gasteiger charge is 2.21. The average Bonchev–Trinajstić information content (AvgIpc) is 2.20. The number of rotatable bonds is 3. The first kappa shape index (κ1) is 11.8. The Morgan fingerprint density at radius 3 is 2.87 bits per heavy atom. The fourth-order valence-electron chi connectivity index (χ4n) is 0.753. The van der Waals surface area contributed by atoms with Crippen LogP contribution in [0.5, 0.6) is 0 Å². The van der Waals surface area contributed by atoms with Crippen molar-refractivity contribution in [3.05, 3.63) is 23.4 Å². The minimum absolute atomic E-state index is 0.0290. The molecule has 1 N–H and O–H groups in total. The number of halogens is 1. The van der Waals surface area contributed by atoms with E-state index in [1.807, 2.05) is 0 Å². The Bertz CT molecular complexity index is 495. The van der Waals surface area contributed by atoms with E-state index in [2.05, 4.69) is 9.71 Å². The molecule has 0 aromatic carbocycles. The van der Waals surface area contributed by atoms with Gasteiger partial charge in [-0.05, 0) is 19.1 Å². The van der Waals surface area contributed by atoms with Gasteiger partial charge in [-0.25, -0.2) is 13.4 Å². The summed E-state index contributed by atoms with van der Waals surface area (Å²) in [4.78, 5) is 3.75. The van der Waals surface area contributed by atoms with Gasteiger partial charge in [0.1, 0.15) is 0 Å². The highest BCUT2D eigenvalue weighted by Crippen LogP contribution is 2.19. The molecule has 0 fully saturated rings. The van der Waals surface area contributed by atoms with Crippen molar-refractivity contribution in [1.82, 2.24) is 4.98 Å². The van der Waals surface area contributed by atoms with Crippen LogP contribution in [-0.4, -0.2) is 18.7 Å². The van der Waals surface area contributed by atoms with E-state index in [9.17, 15) is 8.42 Å². The second-order valence-corrected chi connectivity index (χ2v) is 5.16. The first-order chi connectivity index (χ1) is 6.97. The Labute approximate surface area is 92.8 Å². The fourth-order valence-corrected chi connectivity index (χ4v) is 1.73. The van der Waals surface area contributed by atoms with Crippen molar-refractivity contribution in [2.45, 2.75) is 12.2 Å². The van der Waals surface area contributed by atoms with Gasteiger partial charge >= 0.3 is 0 Å². The van der Waals surface area contributed by atoms with E-state index in [1.165, 1.54) is 19.2 Å². The van der Waals surface area contributed by atoms with E-state index in [4.69, 9.17) is 16.9 Å². The van der Waals surface area contributed by atoms with E-state index < -0.39 is 15.3 Å². The van der Waals surface area contributed by atoms with Gasteiger partial charge in [0.25, 0.3) is 0 Å². The molecule has 0 radical (unpaired) electrons. The molecular weight excluding hydrogens is 238 g/mol. The molecule has 0 aliphatic carbocycles. The summed E-state index contributed by atoms with van der Waals surface area (Å²) >= 11 is 5.71. The largest absolute Gasteiger partial charge is 0.265 e. The molecule has 1 aromatic heterocycles. The quantitative estimate of drug-likeness (QED) is 0.872. The highest BCUT2D eigenvalue weighted by atomic mass is 35.5. The zero-order valence-electron chi connectivity index (χ0n) is 7.81. The van der Waals surface area contributed by atoms with E-state index in [0.29, 0.717) is 0 Å². The van der Waals surface area contributed by atoms with Crippen molar-refractivity contribution in [1.29, 1.82) is 5.26 Å². The first-order valence-corrected chi connectivity index (χ1v) is 5.91. The Balaban J connectivity index is 2.98. The topological polar surface area (TPSA) is 82.8 Å². The lowest BCUT2D eigenvalue weighted by atomic mass is 10.5. The lowest BCUT2D eigenvalue weighted by molar-refractivity contribution is 0.597. The van der Waals surface area contributed by atoms with Crippen molar-refractivity contribution in [2.75, 3.05) is 4.72 Å². The predicted molar refractivity (Wildman–Crippen MR) is 56.9 cm³/mol. The number of aromatic nitrogens is 1. The van der Waals surface area contributed by atoms with Crippen molar-refractivity contribution >= 4 is 27.4 Å². The third-order valence-electron chi connectivity index (χ3n) is 1.64. The van der Waals surface area contributed by atoms with Crippen molar-refractivity contribution in [3.8, 4) is 6.07 Å². The lowest BCUT2D eigenvalue weighted by Gasteiger charge is -2.08. The maximum atomic E-state index is 11.5. The Kier molecular flexibility index (Phi) is 3.50. The van der Waals surface area contributed by atoms with Gasteiger partial charge in [0, 0.05) is 6.20 Å². The monoisotopic (exact) mass is 245 g/mol. The van der Waals surface area contributed by atoms with Crippen molar-refractivity contribution in [3.63, 3.8) is 0 Å². The maximum Gasteiger partial charge on any atom is 0.250 e. The zero-order valence-corrected chi connectivity index (χ0v) is 9.38. The van der Waals surface area contributed by atoms with Gasteiger partial charge in [-0.15, -0.1) is 0 Å². The van der Waals surface area contributed by atoms with E-state index >= 15 is 0 Å². The van der Waals surface area contributed by atoms with Gasteiger partial charge in [-0.1, -0.05) is 11.6 Å². The molecule has 0 aliphatic rings. The van der Waals surface area contributed by atoms with Gasteiger partial charge in [-0.3, -0.25) is 4.72 Å². The second-order valence-electron chi connectivity index (χ2n) is 2.75. The molecule has 0 aliphatic heterocycles. The molecule has 0 saturated carbocycles. The van der Waals surface area contributed by atoms with Crippen LogP contribution >= 0.6 is 11.6 Å². The van der Waals surface area contributed by atoms with Crippen LogP contribution in [0, 0.1) is 11.3 Å². The van der Waals surface area contributed by atoms with Crippen molar-refractivity contribution < 1.29 is 8.42 Å². The van der Waals surface area contributed by atoms with Crippen LogP contribution in [0.3, 0.4) is 0 Å². The number of hydrogen-bond donors (Lipinski definition) is 1. The summed E-state index contributed by atoms with van der Waals surface area (Å²) in [5.74, 6) is 0.0290. The summed E-state index contributed by atoms with van der Waals surface area (Å²) in [7, 11) is -3.74. The van der Waals surface area contributed by atoms with Gasteiger partial charge in [0.2, 0.25) is 10.0 Å². The number of sulfonamides is 1. The molecule has 7 heteroatoms. The standard InChI is InChI=1S/C8H8ClN3O2S/c1-6(5-10)15(13,14)12-8-7(9)3-2-4-11-8/h2-4,6H,1H3,(H,11,12).